The number of nitrogens with zero attached hydrogens (tertiary/aromatic N) is 1. The lowest BCUT2D eigenvalue weighted by Crippen LogP contribution is -2.40. The zero-order chi connectivity index (χ0) is 10.7. The van der Waals surface area contributed by atoms with Crippen LogP contribution in [0.3, 0.4) is 0 Å². The van der Waals surface area contributed by atoms with Crippen molar-refractivity contribution in [3.8, 4) is 0 Å². The SMILES string of the molecule is CCc1occc1C(=O)N1CCOCC1. The molecule has 1 fully saturated rings. The molecule has 0 atom stereocenters. The fourth-order valence-corrected chi connectivity index (χ4v) is 1.74. The van der Waals surface area contributed by atoms with Crippen molar-refractivity contribution in [1.29, 1.82) is 0 Å². The summed E-state index contributed by atoms with van der Waals surface area (Å²) in [6.45, 7) is 4.59. The quantitative estimate of drug-likeness (QED) is 0.737. The molecule has 15 heavy (non-hydrogen) atoms. The van der Waals surface area contributed by atoms with Crippen molar-refractivity contribution in [2.24, 2.45) is 0 Å². The van der Waals surface area contributed by atoms with Gasteiger partial charge >= 0.3 is 0 Å². The summed E-state index contributed by atoms with van der Waals surface area (Å²) in [4.78, 5) is 13.9. The van der Waals surface area contributed by atoms with Gasteiger partial charge in [0.2, 0.25) is 0 Å². The molecule has 0 aliphatic carbocycles. The van der Waals surface area contributed by atoms with Crippen molar-refractivity contribution in [3.05, 3.63) is 23.7 Å². The zero-order valence-corrected chi connectivity index (χ0v) is 8.86. The third kappa shape index (κ3) is 2.04. The van der Waals surface area contributed by atoms with Crippen molar-refractivity contribution < 1.29 is 13.9 Å². The zero-order valence-electron chi connectivity index (χ0n) is 8.86. The number of carbonyl (C=O) groups excluding carboxylic acids is 1. The largest absolute Gasteiger partial charge is 0.469 e. The molecule has 1 amide bonds. The van der Waals surface area contributed by atoms with Crippen LogP contribution >= 0.6 is 0 Å². The van der Waals surface area contributed by atoms with Crippen molar-refractivity contribution in [2.75, 3.05) is 26.3 Å². The molecule has 0 radical (unpaired) electrons. The van der Waals surface area contributed by atoms with Crippen LogP contribution in [0.4, 0.5) is 0 Å². The van der Waals surface area contributed by atoms with E-state index in [4.69, 9.17) is 9.15 Å². The summed E-state index contributed by atoms with van der Waals surface area (Å²) in [6.07, 6.45) is 2.32. The number of amides is 1. The van der Waals surface area contributed by atoms with Gasteiger partial charge in [0.25, 0.3) is 5.91 Å². The topological polar surface area (TPSA) is 42.7 Å². The van der Waals surface area contributed by atoms with E-state index >= 15 is 0 Å². The standard InChI is InChI=1S/C11H15NO3/c1-2-10-9(3-6-15-10)11(13)12-4-7-14-8-5-12/h3,6H,2,4-5,7-8H2,1H3. The maximum Gasteiger partial charge on any atom is 0.257 e. The van der Waals surface area contributed by atoms with Crippen molar-refractivity contribution in [2.45, 2.75) is 13.3 Å². The predicted molar refractivity (Wildman–Crippen MR) is 54.8 cm³/mol. The molecule has 1 aromatic heterocycles. The van der Waals surface area contributed by atoms with Crippen LogP contribution in [-0.4, -0.2) is 37.1 Å². The van der Waals surface area contributed by atoms with E-state index in [9.17, 15) is 4.79 Å². The number of aryl methyl sites for hydroxylation is 1. The highest BCUT2D eigenvalue weighted by Gasteiger charge is 2.21. The van der Waals surface area contributed by atoms with Gasteiger partial charge in [0, 0.05) is 19.5 Å². The highest BCUT2D eigenvalue weighted by Crippen LogP contribution is 2.14. The normalized spacial score (nSPS) is 16.7. The molecular weight excluding hydrogens is 194 g/mol. The second-order valence-corrected chi connectivity index (χ2v) is 3.52. The van der Waals surface area contributed by atoms with Gasteiger partial charge < -0.3 is 14.1 Å². The molecule has 1 aromatic rings. The maximum absolute atomic E-state index is 12.1. The van der Waals surface area contributed by atoms with Crippen LogP contribution in [0.25, 0.3) is 0 Å². The molecule has 0 N–H and O–H groups in total. The Balaban J connectivity index is 2.12. The van der Waals surface area contributed by atoms with Gasteiger partial charge in [0.05, 0.1) is 25.0 Å². The molecular formula is C11H15NO3. The van der Waals surface area contributed by atoms with Gasteiger partial charge in [-0.2, -0.15) is 0 Å². The van der Waals surface area contributed by atoms with Crippen molar-refractivity contribution in [3.63, 3.8) is 0 Å². The lowest BCUT2D eigenvalue weighted by atomic mass is 10.2. The molecule has 0 saturated carbocycles. The second-order valence-electron chi connectivity index (χ2n) is 3.52. The number of hydrogen-bond donors (Lipinski definition) is 0. The molecule has 0 spiro atoms. The third-order valence-electron chi connectivity index (χ3n) is 2.60. The van der Waals surface area contributed by atoms with Gasteiger partial charge in [0.1, 0.15) is 5.76 Å². The molecule has 1 aliphatic rings. The number of morpholine rings is 1. The van der Waals surface area contributed by atoms with Crippen LogP contribution in [0.2, 0.25) is 0 Å². The van der Waals surface area contributed by atoms with Crippen molar-refractivity contribution in [1.82, 2.24) is 4.90 Å². The first-order valence-electron chi connectivity index (χ1n) is 5.26. The van der Waals surface area contributed by atoms with E-state index < -0.39 is 0 Å². The second kappa shape index (κ2) is 4.49. The molecule has 0 unspecified atom stereocenters. The average Bonchev–Trinajstić information content (AvgIpc) is 2.77. The smallest absolute Gasteiger partial charge is 0.257 e. The number of hydrogen-bond acceptors (Lipinski definition) is 3. The Morgan fingerprint density at radius 1 is 1.47 bits per heavy atom. The lowest BCUT2D eigenvalue weighted by Gasteiger charge is -2.26. The van der Waals surface area contributed by atoms with E-state index in [0.29, 0.717) is 31.9 Å². The Hall–Kier alpha value is -1.29. The summed E-state index contributed by atoms with van der Waals surface area (Å²) in [5.41, 5.74) is 0.694. The minimum absolute atomic E-state index is 0.0592. The first kappa shape index (κ1) is 10.2. The fraction of sp³-hybridized carbons (Fsp3) is 0.545. The Morgan fingerprint density at radius 2 is 2.20 bits per heavy atom. The van der Waals surface area contributed by atoms with Gasteiger partial charge in [-0.1, -0.05) is 6.92 Å². The van der Waals surface area contributed by atoms with E-state index in [2.05, 4.69) is 0 Å². The molecule has 4 nitrogen and oxygen atoms in total. The molecule has 2 rings (SSSR count). The summed E-state index contributed by atoms with van der Waals surface area (Å²) in [5, 5.41) is 0. The summed E-state index contributed by atoms with van der Waals surface area (Å²) in [7, 11) is 0. The van der Waals surface area contributed by atoms with Crippen LogP contribution in [0, 0.1) is 0 Å². The minimum Gasteiger partial charge on any atom is -0.469 e. The summed E-state index contributed by atoms with van der Waals surface area (Å²) in [5.74, 6) is 0.829. The summed E-state index contributed by atoms with van der Waals surface area (Å²) >= 11 is 0. The molecule has 1 aliphatic heterocycles. The van der Waals surface area contributed by atoms with Crippen LogP contribution in [0.5, 0.6) is 0 Å². The minimum atomic E-state index is 0.0592. The summed E-state index contributed by atoms with van der Waals surface area (Å²) in [6, 6.07) is 1.75. The Kier molecular flexibility index (Phi) is 3.06. The molecule has 82 valence electrons. The van der Waals surface area contributed by atoms with Crippen molar-refractivity contribution >= 4 is 5.91 Å². The van der Waals surface area contributed by atoms with Gasteiger partial charge in [-0.15, -0.1) is 0 Å². The van der Waals surface area contributed by atoms with E-state index in [1.54, 1.807) is 12.3 Å². The van der Waals surface area contributed by atoms with E-state index in [1.165, 1.54) is 0 Å². The van der Waals surface area contributed by atoms with Crippen LogP contribution in [-0.2, 0) is 11.2 Å². The van der Waals surface area contributed by atoms with Crippen LogP contribution < -0.4 is 0 Å². The third-order valence-corrected chi connectivity index (χ3v) is 2.60. The lowest BCUT2D eigenvalue weighted by molar-refractivity contribution is 0.0301. The first-order valence-corrected chi connectivity index (χ1v) is 5.26. The van der Waals surface area contributed by atoms with E-state index in [1.807, 2.05) is 11.8 Å². The molecule has 0 aromatic carbocycles. The van der Waals surface area contributed by atoms with E-state index in [0.717, 1.165) is 12.2 Å². The monoisotopic (exact) mass is 209 g/mol. The Morgan fingerprint density at radius 3 is 2.87 bits per heavy atom. The Labute approximate surface area is 88.8 Å². The fourth-order valence-electron chi connectivity index (χ4n) is 1.74. The highest BCUT2D eigenvalue weighted by atomic mass is 16.5. The van der Waals surface area contributed by atoms with Crippen LogP contribution in [0.1, 0.15) is 23.0 Å². The molecule has 0 bridgehead atoms. The number of carbonyl (C=O) groups is 1. The van der Waals surface area contributed by atoms with E-state index in [-0.39, 0.29) is 5.91 Å². The van der Waals surface area contributed by atoms with Gasteiger partial charge in [-0.05, 0) is 6.07 Å². The number of rotatable bonds is 2. The first-order chi connectivity index (χ1) is 7.33. The average molecular weight is 209 g/mol. The van der Waals surface area contributed by atoms with Gasteiger partial charge in [0.15, 0.2) is 0 Å². The number of ether oxygens (including phenoxy) is 1. The highest BCUT2D eigenvalue weighted by molar-refractivity contribution is 5.95. The molecule has 1 saturated heterocycles. The van der Waals surface area contributed by atoms with Gasteiger partial charge in [-0.25, -0.2) is 0 Å². The number of furan rings is 1. The maximum atomic E-state index is 12.1. The molecule has 4 heteroatoms. The summed E-state index contributed by atoms with van der Waals surface area (Å²) < 4.78 is 10.5. The van der Waals surface area contributed by atoms with Gasteiger partial charge in [-0.3, -0.25) is 4.79 Å². The Bertz CT molecular complexity index is 339. The van der Waals surface area contributed by atoms with Crippen LogP contribution in [0.15, 0.2) is 16.7 Å². The molecule has 2 heterocycles. The predicted octanol–water partition coefficient (Wildman–Crippen LogP) is 1.31.